The summed E-state index contributed by atoms with van der Waals surface area (Å²) >= 11 is 0. The maximum atomic E-state index is 12.7. The maximum Gasteiger partial charge on any atom is 0.289 e. The van der Waals surface area contributed by atoms with Crippen molar-refractivity contribution >= 4 is 21.3 Å². The third kappa shape index (κ3) is 3.08. The van der Waals surface area contributed by atoms with Gasteiger partial charge in [-0.05, 0) is 23.6 Å². The molecule has 1 aliphatic rings. The molecule has 1 heterocycles. The predicted molar refractivity (Wildman–Crippen MR) is 90.9 cm³/mol. The zero-order chi connectivity index (χ0) is 17.2. The fraction of sp³-hybridized carbons (Fsp3) is 0.176. The van der Waals surface area contributed by atoms with Gasteiger partial charge in [-0.1, -0.05) is 48.5 Å². The van der Waals surface area contributed by atoms with E-state index in [0.29, 0.717) is 13.0 Å². The van der Waals surface area contributed by atoms with Crippen LogP contribution < -0.4 is 0 Å². The minimum Gasteiger partial charge on any atom is -0.258 e. The van der Waals surface area contributed by atoms with Crippen LogP contribution in [-0.4, -0.2) is 30.7 Å². The molecule has 0 bridgehead atoms. The molecule has 6 nitrogen and oxygen atoms in total. The van der Waals surface area contributed by atoms with Crippen molar-refractivity contribution in [2.24, 2.45) is 0 Å². The number of nitro benzene ring substituents is 1. The lowest BCUT2D eigenvalue weighted by atomic mass is 10.0. The largest absolute Gasteiger partial charge is 0.289 e. The van der Waals surface area contributed by atoms with E-state index < -0.39 is 20.6 Å². The molecular weight excluding hydrogens is 328 g/mol. The van der Waals surface area contributed by atoms with Gasteiger partial charge in [-0.3, -0.25) is 10.1 Å². The summed E-state index contributed by atoms with van der Waals surface area (Å²) in [5, 5.41) is 11.1. The lowest BCUT2D eigenvalue weighted by molar-refractivity contribution is -0.387. The van der Waals surface area contributed by atoms with Crippen LogP contribution in [0, 0.1) is 10.1 Å². The molecule has 0 aromatic heterocycles. The Morgan fingerprint density at radius 2 is 1.67 bits per heavy atom. The Hall–Kier alpha value is -2.51. The van der Waals surface area contributed by atoms with Gasteiger partial charge in [-0.2, -0.15) is 4.31 Å². The van der Waals surface area contributed by atoms with E-state index >= 15 is 0 Å². The van der Waals surface area contributed by atoms with Crippen molar-refractivity contribution in [2.45, 2.75) is 11.3 Å². The molecule has 124 valence electrons. The van der Waals surface area contributed by atoms with Crippen molar-refractivity contribution in [3.63, 3.8) is 0 Å². The van der Waals surface area contributed by atoms with Crippen LogP contribution in [0.2, 0.25) is 0 Å². The number of rotatable bonds is 4. The van der Waals surface area contributed by atoms with Gasteiger partial charge in [0.25, 0.3) is 5.69 Å². The van der Waals surface area contributed by atoms with E-state index in [-0.39, 0.29) is 11.4 Å². The quantitative estimate of drug-likeness (QED) is 0.630. The van der Waals surface area contributed by atoms with E-state index in [1.54, 1.807) is 0 Å². The van der Waals surface area contributed by atoms with Gasteiger partial charge in [0, 0.05) is 19.2 Å². The zero-order valence-electron chi connectivity index (χ0n) is 12.8. The molecule has 0 saturated carbocycles. The van der Waals surface area contributed by atoms with E-state index in [0.717, 1.165) is 11.1 Å². The number of hydrogen-bond acceptors (Lipinski definition) is 4. The number of hydrogen-bond donors (Lipinski definition) is 0. The van der Waals surface area contributed by atoms with Crippen molar-refractivity contribution in [3.05, 3.63) is 76.4 Å². The molecule has 24 heavy (non-hydrogen) atoms. The van der Waals surface area contributed by atoms with E-state index in [1.807, 2.05) is 36.4 Å². The molecule has 3 rings (SSSR count). The van der Waals surface area contributed by atoms with E-state index in [4.69, 9.17) is 0 Å². The van der Waals surface area contributed by atoms with Crippen LogP contribution in [0.3, 0.4) is 0 Å². The third-order valence-corrected chi connectivity index (χ3v) is 5.91. The average Bonchev–Trinajstić information content (AvgIpc) is 2.62. The van der Waals surface area contributed by atoms with Crippen LogP contribution in [0.25, 0.3) is 5.57 Å². The first kappa shape index (κ1) is 16.4. The molecule has 1 aliphatic heterocycles. The normalized spacial score (nSPS) is 15.8. The van der Waals surface area contributed by atoms with E-state index in [2.05, 4.69) is 0 Å². The molecule has 0 spiro atoms. The molecule has 0 N–H and O–H groups in total. The number of sulfonamides is 1. The fourth-order valence-corrected chi connectivity index (χ4v) is 4.29. The average molecular weight is 344 g/mol. The van der Waals surface area contributed by atoms with Gasteiger partial charge in [-0.15, -0.1) is 0 Å². The maximum absolute atomic E-state index is 12.7. The highest BCUT2D eigenvalue weighted by Gasteiger charge is 2.32. The van der Waals surface area contributed by atoms with Crippen LogP contribution in [0.4, 0.5) is 5.69 Å². The van der Waals surface area contributed by atoms with Crippen molar-refractivity contribution in [1.29, 1.82) is 0 Å². The molecule has 0 atom stereocenters. The molecule has 7 heteroatoms. The summed E-state index contributed by atoms with van der Waals surface area (Å²) in [5.41, 5.74) is 1.76. The van der Waals surface area contributed by atoms with E-state index in [9.17, 15) is 18.5 Å². The lowest BCUT2D eigenvalue weighted by Crippen LogP contribution is -2.35. The van der Waals surface area contributed by atoms with Gasteiger partial charge in [0.1, 0.15) is 0 Å². The Kier molecular flexibility index (Phi) is 4.46. The highest BCUT2D eigenvalue weighted by atomic mass is 32.2. The van der Waals surface area contributed by atoms with Crippen molar-refractivity contribution in [1.82, 2.24) is 4.31 Å². The number of nitrogens with zero attached hydrogens (tertiary/aromatic N) is 2. The highest BCUT2D eigenvalue weighted by Crippen LogP contribution is 2.29. The Morgan fingerprint density at radius 3 is 2.29 bits per heavy atom. The van der Waals surface area contributed by atoms with Gasteiger partial charge < -0.3 is 0 Å². The molecule has 0 unspecified atom stereocenters. The SMILES string of the molecule is O=[N+]([O-])c1ccccc1S(=O)(=O)N1CC=C(c2ccccc2)CC1. The van der Waals surface area contributed by atoms with Crippen LogP contribution >= 0.6 is 0 Å². The van der Waals surface area contributed by atoms with Crippen molar-refractivity contribution < 1.29 is 13.3 Å². The summed E-state index contributed by atoms with van der Waals surface area (Å²) < 4.78 is 26.8. The smallest absolute Gasteiger partial charge is 0.258 e. The molecule has 0 radical (unpaired) electrons. The molecular formula is C17H16N2O4S. The summed E-state index contributed by atoms with van der Waals surface area (Å²) in [6.07, 6.45) is 2.44. The topological polar surface area (TPSA) is 80.5 Å². The molecule has 0 aliphatic carbocycles. The zero-order valence-corrected chi connectivity index (χ0v) is 13.6. The minimum atomic E-state index is -3.90. The van der Waals surface area contributed by atoms with Crippen molar-refractivity contribution in [2.75, 3.05) is 13.1 Å². The second-order valence-electron chi connectivity index (χ2n) is 5.43. The Morgan fingerprint density at radius 1 is 1.00 bits per heavy atom. The van der Waals surface area contributed by atoms with Crippen LogP contribution in [-0.2, 0) is 10.0 Å². The minimum absolute atomic E-state index is 0.207. The molecule has 0 fully saturated rings. The first-order chi connectivity index (χ1) is 11.5. The number of nitro groups is 1. The third-order valence-electron chi connectivity index (χ3n) is 4.00. The van der Waals surface area contributed by atoms with Gasteiger partial charge in [0.05, 0.1) is 4.92 Å². The molecule has 2 aromatic rings. The highest BCUT2D eigenvalue weighted by molar-refractivity contribution is 7.89. The summed E-state index contributed by atoms with van der Waals surface area (Å²) in [5.74, 6) is 0. The Bertz CT molecular complexity index is 892. The van der Waals surface area contributed by atoms with Gasteiger partial charge >= 0.3 is 0 Å². The van der Waals surface area contributed by atoms with Crippen molar-refractivity contribution in [3.8, 4) is 0 Å². The summed E-state index contributed by atoms with van der Waals surface area (Å²) in [4.78, 5) is 10.2. The molecule has 2 aromatic carbocycles. The second-order valence-corrected chi connectivity index (χ2v) is 7.34. The standard InChI is InChI=1S/C17H16N2O4S/c20-19(21)16-8-4-5-9-17(16)24(22,23)18-12-10-15(11-13-18)14-6-2-1-3-7-14/h1-10H,11-13H2. The van der Waals surface area contributed by atoms with Gasteiger partial charge in [0.2, 0.25) is 10.0 Å². The first-order valence-corrected chi connectivity index (χ1v) is 8.92. The summed E-state index contributed by atoms with van der Waals surface area (Å²) in [6, 6.07) is 15.2. The van der Waals surface area contributed by atoms with Crippen LogP contribution in [0.15, 0.2) is 65.6 Å². The summed E-state index contributed by atoms with van der Waals surface area (Å²) in [7, 11) is -3.90. The van der Waals surface area contributed by atoms with Crippen LogP contribution in [0.1, 0.15) is 12.0 Å². The summed E-state index contributed by atoms with van der Waals surface area (Å²) in [6.45, 7) is 0.508. The fourth-order valence-electron chi connectivity index (χ4n) is 2.75. The Balaban J connectivity index is 1.89. The van der Waals surface area contributed by atoms with Gasteiger partial charge in [0.15, 0.2) is 4.90 Å². The first-order valence-electron chi connectivity index (χ1n) is 7.48. The van der Waals surface area contributed by atoms with E-state index in [1.165, 1.54) is 28.6 Å². The number of benzene rings is 2. The van der Waals surface area contributed by atoms with Gasteiger partial charge in [-0.25, -0.2) is 8.42 Å². The lowest BCUT2D eigenvalue weighted by Gasteiger charge is -2.25. The predicted octanol–water partition coefficient (Wildman–Crippen LogP) is 3.07. The van der Waals surface area contributed by atoms with Crippen LogP contribution in [0.5, 0.6) is 0 Å². The molecule has 0 amide bonds. The monoisotopic (exact) mass is 344 g/mol. The number of para-hydroxylation sites is 1. The molecule has 0 saturated heterocycles. The second kappa shape index (κ2) is 6.54. The Labute approximate surface area is 140 Å².